The average molecular weight is 428 g/mol. The van der Waals surface area contributed by atoms with Crippen molar-refractivity contribution >= 4 is 5.91 Å². The number of ether oxygens (including phenoxy) is 1. The van der Waals surface area contributed by atoms with Crippen LogP contribution in [0.3, 0.4) is 0 Å². The average Bonchev–Trinajstić information content (AvgIpc) is 3.40. The minimum Gasteiger partial charge on any atom is -0.351 e. The van der Waals surface area contributed by atoms with E-state index in [4.69, 9.17) is 9.57 Å². The fourth-order valence-electron chi connectivity index (χ4n) is 5.23. The Morgan fingerprint density at radius 1 is 1.10 bits per heavy atom. The lowest BCUT2D eigenvalue weighted by atomic mass is 9.74. The first-order valence-electron chi connectivity index (χ1n) is 9.91. The lowest BCUT2D eigenvalue weighted by molar-refractivity contribution is -0.169. The smallest absolute Gasteiger partial charge is 0.351 e. The highest BCUT2D eigenvalue weighted by Crippen LogP contribution is 2.45. The van der Waals surface area contributed by atoms with Gasteiger partial charge >= 0.3 is 6.18 Å². The fraction of sp³-hybridized carbons (Fsp3) is 0.941. The van der Waals surface area contributed by atoms with Gasteiger partial charge in [0.1, 0.15) is 6.04 Å². The van der Waals surface area contributed by atoms with Gasteiger partial charge in [-0.05, 0) is 49.9 Å². The molecular formula is C17H25F5N4O3. The number of carbonyl (C=O) groups excluding carboxylic acids is 1. The second-order valence-electron chi connectivity index (χ2n) is 8.28. The Hall–Kier alpha value is -1.08. The van der Waals surface area contributed by atoms with E-state index in [0.29, 0.717) is 6.42 Å². The molecule has 2 aliphatic heterocycles. The van der Waals surface area contributed by atoms with Gasteiger partial charge in [0.25, 0.3) is 12.3 Å². The third-order valence-electron chi connectivity index (χ3n) is 6.62. The number of alkyl halides is 5. The molecule has 4 N–H and O–H groups in total. The monoisotopic (exact) mass is 428 g/mol. The fourth-order valence-corrected chi connectivity index (χ4v) is 5.23. The molecule has 4 rings (SSSR count). The summed E-state index contributed by atoms with van der Waals surface area (Å²) in [5.41, 5.74) is 2.65. The molecule has 2 aliphatic carbocycles. The summed E-state index contributed by atoms with van der Waals surface area (Å²) in [6.07, 6.45) is -6.61. The quantitative estimate of drug-likeness (QED) is 0.504. The minimum absolute atomic E-state index is 0.117. The summed E-state index contributed by atoms with van der Waals surface area (Å²) in [5.74, 6) is -0.166. The normalized spacial score (nSPS) is 43.0. The van der Waals surface area contributed by atoms with E-state index in [2.05, 4.69) is 21.4 Å². The van der Waals surface area contributed by atoms with Crippen LogP contribution in [0.5, 0.6) is 0 Å². The summed E-state index contributed by atoms with van der Waals surface area (Å²) >= 11 is 0. The molecule has 0 aromatic carbocycles. The van der Waals surface area contributed by atoms with Crippen LogP contribution in [0.1, 0.15) is 32.1 Å². The maximum absolute atomic E-state index is 13.0. The maximum Gasteiger partial charge on any atom is 0.406 e. The van der Waals surface area contributed by atoms with Crippen LogP contribution in [0.2, 0.25) is 0 Å². The SMILES string of the molecule is O=C(N[C@@H]1CCC2CC(C3NOC(C(F)F)N3)CCC21)C1OCNC1C(F)(F)F. The Balaban J connectivity index is 1.30. The first-order valence-corrected chi connectivity index (χ1v) is 9.91. The molecule has 4 fully saturated rings. The van der Waals surface area contributed by atoms with Crippen LogP contribution in [0.25, 0.3) is 0 Å². The van der Waals surface area contributed by atoms with Gasteiger partial charge in [0.2, 0.25) is 0 Å². The van der Waals surface area contributed by atoms with E-state index < -0.39 is 36.9 Å². The number of amides is 1. The number of rotatable bonds is 4. The Morgan fingerprint density at radius 2 is 1.86 bits per heavy atom. The van der Waals surface area contributed by atoms with Gasteiger partial charge in [0.15, 0.2) is 12.3 Å². The molecule has 4 aliphatic rings. The lowest BCUT2D eigenvalue weighted by Gasteiger charge is -2.37. The van der Waals surface area contributed by atoms with Crippen molar-refractivity contribution in [2.75, 3.05) is 6.73 Å². The standard InChI is InChI=1S/C17H25F5N4O3/c18-13(19)16-25-14(26-29-16)8-1-3-9-7(5-8)2-4-10(9)24-15(27)11-12(17(20,21)22)23-6-28-11/h7-14,16,23,25-26H,1-6H2,(H,24,27)/t7?,8?,9?,10-,11?,12?,14?,16?/m1/s1. The van der Waals surface area contributed by atoms with E-state index in [1.807, 2.05) is 0 Å². The van der Waals surface area contributed by atoms with Gasteiger partial charge in [-0.15, -0.1) is 0 Å². The molecule has 2 saturated heterocycles. The predicted octanol–water partition coefficient (Wildman–Crippen LogP) is 1.22. The van der Waals surface area contributed by atoms with Crippen molar-refractivity contribution in [1.29, 1.82) is 0 Å². The van der Waals surface area contributed by atoms with Gasteiger partial charge < -0.3 is 10.1 Å². The molecule has 7 unspecified atom stereocenters. The Labute approximate surface area is 164 Å². The van der Waals surface area contributed by atoms with Crippen LogP contribution in [0.15, 0.2) is 0 Å². The largest absolute Gasteiger partial charge is 0.406 e. The van der Waals surface area contributed by atoms with Gasteiger partial charge in [-0.2, -0.15) is 18.7 Å². The summed E-state index contributed by atoms with van der Waals surface area (Å²) in [6, 6.07) is -2.20. The third kappa shape index (κ3) is 4.36. The van der Waals surface area contributed by atoms with Crippen molar-refractivity contribution in [3.05, 3.63) is 0 Å². The predicted molar refractivity (Wildman–Crippen MR) is 89.1 cm³/mol. The van der Waals surface area contributed by atoms with Gasteiger partial charge in [-0.25, -0.2) is 8.78 Å². The van der Waals surface area contributed by atoms with E-state index in [9.17, 15) is 26.7 Å². The number of fused-ring (bicyclic) bond motifs is 1. The molecule has 0 aromatic rings. The van der Waals surface area contributed by atoms with Gasteiger partial charge in [-0.1, -0.05) is 0 Å². The van der Waals surface area contributed by atoms with Crippen LogP contribution in [-0.2, 0) is 14.4 Å². The van der Waals surface area contributed by atoms with Crippen molar-refractivity contribution in [3.8, 4) is 0 Å². The Kier molecular flexibility index (Phi) is 6.00. The van der Waals surface area contributed by atoms with Crippen LogP contribution >= 0.6 is 0 Å². The summed E-state index contributed by atoms with van der Waals surface area (Å²) < 4.78 is 69.6. The number of halogens is 5. The highest BCUT2D eigenvalue weighted by atomic mass is 19.4. The molecule has 1 amide bonds. The second kappa shape index (κ2) is 8.22. The summed E-state index contributed by atoms with van der Waals surface area (Å²) in [7, 11) is 0. The second-order valence-corrected chi connectivity index (χ2v) is 8.28. The van der Waals surface area contributed by atoms with E-state index in [0.717, 1.165) is 25.7 Å². The molecule has 166 valence electrons. The van der Waals surface area contributed by atoms with Crippen LogP contribution in [0, 0.1) is 17.8 Å². The summed E-state index contributed by atoms with van der Waals surface area (Å²) in [5, 5.41) is 7.70. The van der Waals surface area contributed by atoms with Crippen molar-refractivity contribution in [2.45, 2.75) is 75.3 Å². The molecule has 0 aromatic heterocycles. The highest BCUT2D eigenvalue weighted by Gasteiger charge is 2.52. The Bertz CT molecular complexity index is 610. The van der Waals surface area contributed by atoms with Gasteiger partial charge in [-0.3, -0.25) is 20.3 Å². The molecule has 2 saturated carbocycles. The minimum atomic E-state index is -4.56. The summed E-state index contributed by atoms with van der Waals surface area (Å²) in [4.78, 5) is 17.3. The maximum atomic E-state index is 13.0. The molecule has 7 nitrogen and oxygen atoms in total. The topological polar surface area (TPSA) is 83.7 Å². The number of hydroxylamine groups is 1. The zero-order valence-electron chi connectivity index (χ0n) is 15.6. The highest BCUT2D eigenvalue weighted by molar-refractivity contribution is 5.82. The third-order valence-corrected chi connectivity index (χ3v) is 6.62. The number of nitrogens with one attached hydrogen (secondary N) is 4. The van der Waals surface area contributed by atoms with E-state index in [-0.39, 0.29) is 36.7 Å². The van der Waals surface area contributed by atoms with Gasteiger partial charge in [0, 0.05) is 6.04 Å². The van der Waals surface area contributed by atoms with Crippen molar-refractivity contribution in [2.24, 2.45) is 17.8 Å². The molecule has 29 heavy (non-hydrogen) atoms. The lowest BCUT2D eigenvalue weighted by Crippen LogP contribution is -2.53. The first kappa shape index (κ1) is 21.2. The molecule has 0 radical (unpaired) electrons. The van der Waals surface area contributed by atoms with Crippen LogP contribution < -0.4 is 21.4 Å². The molecule has 0 bridgehead atoms. The van der Waals surface area contributed by atoms with E-state index >= 15 is 0 Å². The Morgan fingerprint density at radius 3 is 2.55 bits per heavy atom. The van der Waals surface area contributed by atoms with Crippen LogP contribution in [-0.4, -0.2) is 55.8 Å². The van der Waals surface area contributed by atoms with Crippen molar-refractivity contribution in [3.63, 3.8) is 0 Å². The zero-order chi connectivity index (χ0) is 20.8. The van der Waals surface area contributed by atoms with E-state index in [1.54, 1.807) is 0 Å². The van der Waals surface area contributed by atoms with Gasteiger partial charge in [0.05, 0.1) is 12.9 Å². The van der Waals surface area contributed by atoms with E-state index in [1.165, 1.54) is 0 Å². The molecule has 0 spiro atoms. The van der Waals surface area contributed by atoms with Crippen molar-refractivity contribution < 1.29 is 36.3 Å². The zero-order valence-corrected chi connectivity index (χ0v) is 15.6. The molecule has 12 heteroatoms. The number of carbonyl (C=O) groups is 1. The van der Waals surface area contributed by atoms with Crippen LogP contribution in [0.4, 0.5) is 22.0 Å². The summed E-state index contributed by atoms with van der Waals surface area (Å²) in [6.45, 7) is -0.316. The van der Waals surface area contributed by atoms with Crippen molar-refractivity contribution in [1.82, 2.24) is 21.4 Å². The molecule has 8 atom stereocenters. The molecule has 2 heterocycles. The first-order chi connectivity index (χ1) is 13.7. The molecular weight excluding hydrogens is 403 g/mol. The number of hydrogen-bond donors (Lipinski definition) is 4. The number of hydrogen-bond acceptors (Lipinski definition) is 6.